The lowest BCUT2D eigenvalue weighted by molar-refractivity contribution is 0.112. The van der Waals surface area contributed by atoms with Crippen molar-refractivity contribution in [1.82, 2.24) is 9.36 Å². The molecule has 0 fully saturated rings. The van der Waals surface area contributed by atoms with Crippen molar-refractivity contribution in [3.63, 3.8) is 0 Å². The van der Waals surface area contributed by atoms with Gasteiger partial charge in [-0.25, -0.2) is 4.68 Å². The van der Waals surface area contributed by atoms with Crippen LogP contribution in [0.5, 0.6) is 0 Å². The smallest absolute Gasteiger partial charge is 0.282 e. The summed E-state index contributed by atoms with van der Waals surface area (Å²) in [6.07, 6.45) is 3.59. The number of rotatable bonds is 2. The molecule has 0 amide bonds. The summed E-state index contributed by atoms with van der Waals surface area (Å²) in [7, 11) is 0. The van der Waals surface area contributed by atoms with Crippen LogP contribution in [-0.4, -0.2) is 15.6 Å². The molecule has 0 radical (unpaired) electrons. The molecule has 18 heavy (non-hydrogen) atoms. The highest BCUT2D eigenvalue weighted by Crippen LogP contribution is 2.18. The zero-order valence-electron chi connectivity index (χ0n) is 10.0. The predicted molar refractivity (Wildman–Crippen MR) is 68.4 cm³/mol. The van der Waals surface area contributed by atoms with Crippen LogP contribution in [0.25, 0.3) is 5.69 Å². The molecule has 2 aromatic rings. The fraction of sp³-hybridized carbons (Fsp3) is 0.286. The van der Waals surface area contributed by atoms with Crippen molar-refractivity contribution in [2.24, 2.45) is 0 Å². The Bertz CT molecular complexity index is 638. The first-order chi connectivity index (χ1) is 8.83. The maximum Gasteiger partial charge on any atom is 0.282 e. The second-order valence-corrected chi connectivity index (χ2v) is 4.51. The van der Waals surface area contributed by atoms with Crippen molar-refractivity contribution in [1.29, 1.82) is 0 Å². The van der Waals surface area contributed by atoms with E-state index in [4.69, 9.17) is 0 Å². The van der Waals surface area contributed by atoms with Crippen LogP contribution in [0, 0.1) is 0 Å². The topological polar surface area (TPSA) is 44.0 Å². The largest absolute Gasteiger partial charge is 0.298 e. The van der Waals surface area contributed by atoms with E-state index in [1.807, 2.05) is 35.0 Å². The van der Waals surface area contributed by atoms with E-state index in [0.717, 1.165) is 37.2 Å². The molecule has 2 heterocycles. The summed E-state index contributed by atoms with van der Waals surface area (Å²) in [5, 5.41) is 0. The number of para-hydroxylation sites is 1. The molecule has 4 heteroatoms. The van der Waals surface area contributed by atoms with Gasteiger partial charge in [0, 0.05) is 6.54 Å². The number of benzene rings is 1. The Morgan fingerprint density at radius 3 is 2.61 bits per heavy atom. The molecule has 1 aliphatic heterocycles. The number of aldehydes is 1. The lowest BCUT2D eigenvalue weighted by Gasteiger charge is -2.18. The molecule has 0 spiro atoms. The van der Waals surface area contributed by atoms with Gasteiger partial charge in [0.25, 0.3) is 5.56 Å². The van der Waals surface area contributed by atoms with E-state index in [1.54, 1.807) is 4.68 Å². The fourth-order valence-electron chi connectivity index (χ4n) is 2.60. The number of hydrogen-bond donors (Lipinski definition) is 0. The zero-order valence-corrected chi connectivity index (χ0v) is 10.0. The Labute approximate surface area is 104 Å². The van der Waals surface area contributed by atoms with Gasteiger partial charge in [0.05, 0.1) is 11.4 Å². The Kier molecular flexibility index (Phi) is 2.63. The van der Waals surface area contributed by atoms with Crippen LogP contribution in [0.2, 0.25) is 0 Å². The standard InChI is InChI=1S/C14H14N2O2/c17-10-12-13-8-4-5-9-15(13)16(14(12)18)11-6-2-1-3-7-11/h1-3,6-7,10H,4-5,8-9H2. The van der Waals surface area contributed by atoms with Crippen molar-refractivity contribution in [2.75, 3.05) is 0 Å². The van der Waals surface area contributed by atoms with E-state index in [1.165, 1.54) is 0 Å². The molecule has 0 saturated heterocycles. The number of fused-ring (bicyclic) bond motifs is 1. The third-order valence-electron chi connectivity index (χ3n) is 3.44. The normalized spacial score (nSPS) is 14.2. The molecule has 3 rings (SSSR count). The molecule has 92 valence electrons. The summed E-state index contributed by atoms with van der Waals surface area (Å²) in [5.74, 6) is 0. The van der Waals surface area contributed by atoms with Gasteiger partial charge in [0.2, 0.25) is 0 Å². The lowest BCUT2D eigenvalue weighted by atomic mass is 10.1. The van der Waals surface area contributed by atoms with Crippen LogP contribution in [-0.2, 0) is 13.0 Å². The molecule has 4 nitrogen and oxygen atoms in total. The zero-order chi connectivity index (χ0) is 12.5. The SMILES string of the molecule is O=Cc1c2n(n(-c3ccccc3)c1=O)CCCC2. The molecular weight excluding hydrogens is 228 g/mol. The summed E-state index contributed by atoms with van der Waals surface area (Å²) in [6.45, 7) is 0.799. The molecule has 0 aliphatic carbocycles. The van der Waals surface area contributed by atoms with Crippen molar-refractivity contribution < 1.29 is 4.79 Å². The van der Waals surface area contributed by atoms with Crippen LogP contribution >= 0.6 is 0 Å². The molecule has 1 aromatic heterocycles. The average Bonchev–Trinajstić information content (AvgIpc) is 2.71. The van der Waals surface area contributed by atoms with Gasteiger partial charge >= 0.3 is 0 Å². The number of hydrogen-bond acceptors (Lipinski definition) is 2. The molecule has 0 saturated carbocycles. The van der Waals surface area contributed by atoms with Gasteiger partial charge in [0.15, 0.2) is 6.29 Å². The highest BCUT2D eigenvalue weighted by molar-refractivity contribution is 5.76. The molecular formula is C14H14N2O2. The highest BCUT2D eigenvalue weighted by atomic mass is 16.1. The Morgan fingerprint density at radius 1 is 1.11 bits per heavy atom. The van der Waals surface area contributed by atoms with Gasteiger partial charge in [-0.3, -0.25) is 14.3 Å². The summed E-state index contributed by atoms with van der Waals surface area (Å²) in [5.41, 5.74) is 1.82. The Morgan fingerprint density at radius 2 is 1.89 bits per heavy atom. The van der Waals surface area contributed by atoms with E-state index in [2.05, 4.69) is 0 Å². The number of nitrogens with zero attached hydrogens (tertiary/aromatic N) is 2. The third-order valence-corrected chi connectivity index (χ3v) is 3.44. The van der Waals surface area contributed by atoms with Gasteiger partial charge in [-0.05, 0) is 31.4 Å². The number of aromatic nitrogens is 2. The first-order valence-corrected chi connectivity index (χ1v) is 6.18. The molecule has 0 unspecified atom stereocenters. The van der Waals surface area contributed by atoms with Crippen LogP contribution in [0.4, 0.5) is 0 Å². The summed E-state index contributed by atoms with van der Waals surface area (Å²) in [6, 6.07) is 9.47. The maximum atomic E-state index is 12.3. The van der Waals surface area contributed by atoms with Crippen molar-refractivity contribution in [2.45, 2.75) is 25.8 Å². The van der Waals surface area contributed by atoms with E-state index in [-0.39, 0.29) is 5.56 Å². The monoisotopic (exact) mass is 242 g/mol. The molecule has 1 aromatic carbocycles. The molecule has 1 aliphatic rings. The van der Waals surface area contributed by atoms with Crippen molar-refractivity contribution in [3.8, 4) is 5.69 Å². The Balaban J connectivity index is 2.30. The van der Waals surface area contributed by atoms with Gasteiger partial charge in [-0.2, -0.15) is 0 Å². The van der Waals surface area contributed by atoms with Crippen LogP contribution in [0.1, 0.15) is 28.9 Å². The summed E-state index contributed by atoms with van der Waals surface area (Å²) in [4.78, 5) is 23.4. The van der Waals surface area contributed by atoms with Crippen LogP contribution in [0.15, 0.2) is 35.1 Å². The fourth-order valence-corrected chi connectivity index (χ4v) is 2.60. The van der Waals surface area contributed by atoms with E-state index >= 15 is 0 Å². The van der Waals surface area contributed by atoms with Crippen molar-refractivity contribution in [3.05, 3.63) is 51.9 Å². The van der Waals surface area contributed by atoms with E-state index < -0.39 is 0 Å². The van der Waals surface area contributed by atoms with Crippen molar-refractivity contribution >= 4 is 6.29 Å². The minimum absolute atomic E-state index is 0.201. The quantitative estimate of drug-likeness (QED) is 0.753. The van der Waals surface area contributed by atoms with E-state index in [0.29, 0.717) is 11.8 Å². The predicted octanol–water partition coefficient (Wildman–Crippen LogP) is 1.79. The van der Waals surface area contributed by atoms with E-state index in [9.17, 15) is 9.59 Å². The van der Waals surface area contributed by atoms with Gasteiger partial charge in [0.1, 0.15) is 5.56 Å². The second-order valence-electron chi connectivity index (χ2n) is 4.51. The maximum absolute atomic E-state index is 12.3. The van der Waals surface area contributed by atoms with Gasteiger partial charge in [-0.15, -0.1) is 0 Å². The first-order valence-electron chi connectivity index (χ1n) is 6.18. The van der Waals surface area contributed by atoms with Crippen LogP contribution < -0.4 is 5.56 Å². The number of carbonyl (C=O) groups is 1. The summed E-state index contributed by atoms with van der Waals surface area (Å²) >= 11 is 0. The Hall–Kier alpha value is -2.10. The minimum Gasteiger partial charge on any atom is -0.298 e. The molecule has 0 atom stereocenters. The minimum atomic E-state index is -0.201. The summed E-state index contributed by atoms with van der Waals surface area (Å²) < 4.78 is 3.57. The highest BCUT2D eigenvalue weighted by Gasteiger charge is 2.22. The average molecular weight is 242 g/mol. The third kappa shape index (κ3) is 1.53. The van der Waals surface area contributed by atoms with Crippen LogP contribution in [0.3, 0.4) is 0 Å². The molecule has 0 bridgehead atoms. The second kappa shape index (κ2) is 4.29. The number of carbonyl (C=O) groups excluding carboxylic acids is 1. The first kappa shape index (κ1) is 11.0. The van der Waals surface area contributed by atoms with Gasteiger partial charge in [-0.1, -0.05) is 18.2 Å². The van der Waals surface area contributed by atoms with Gasteiger partial charge < -0.3 is 0 Å². The molecule has 0 N–H and O–H groups in total. The lowest BCUT2D eigenvalue weighted by Crippen LogP contribution is -2.23.